The summed E-state index contributed by atoms with van der Waals surface area (Å²) in [5.41, 5.74) is -0.723. The summed E-state index contributed by atoms with van der Waals surface area (Å²) in [7, 11) is 14.0. The Hall–Kier alpha value is -4.76. The minimum absolute atomic E-state index is 0. The first-order valence-electron chi connectivity index (χ1n) is 19.8. The summed E-state index contributed by atoms with van der Waals surface area (Å²) in [6, 6.07) is 2.55. The number of anilines is 2. The van der Waals surface area contributed by atoms with E-state index in [4.69, 9.17) is 18.9 Å². The van der Waals surface area contributed by atoms with E-state index in [1.807, 2.05) is 47.8 Å². The molecule has 0 spiro atoms. The first-order valence-corrected chi connectivity index (χ1v) is 19.8. The number of methoxy groups -OCH3 is 4. The van der Waals surface area contributed by atoms with Crippen molar-refractivity contribution < 1.29 is 53.0 Å². The number of carboxylic acid groups (broad SMARTS) is 2. The van der Waals surface area contributed by atoms with Crippen LogP contribution in [-0.4, -0.2) is 154 Å². The average molecular weight is 930 g/mol. The molecule has 63 heavy (non-hydrogen) atoms. The van der Waals surface area contributed by atoms with Gasteiger partial charge in [-0.05, 0) is 66.0 Å². The third-order valence-electron chi connectivity index (χ3n) is 12.2. The Balaban J connectivity index is 0.000000264. The Bertz CT molecular complexity index is 2310. The molecule has 0 bridgehead atoms. The van der Waals surface area contributed by atoms with Gasteiger partial charge in [-0.1, -0.05) is 0 Å². The molecule has 2 saturated heterocycles. The number of aromatic nitrogens is 2. The fraction of sp³-hybridized carbons (Fsp3) is 0.524. The molecule has 0 radical (unpaired) electrons. The number of carbonyl (C=O) groups is 2. The number of fused-ring (bicyclic) bond motifs is 2. The molecule has 2 saturated carbocycles. The van der Waals surface area contributed by atoms with Crippen LogP contribution >= 0.6 is 24.8 Å². The Morgan fingerprint density at radius 1 is 0.635 bits per heavy atom. The van der Waals surface area contributed by atoms with Crippen LogP contribution in [0.4, 0.5) is 20.2 Å². The Morgan fingerprint density at radius 3 is 1.21 bits per heavy atom. The van der Waals surface area contributed by atoms with E-state index < -0.39 is 34.4 Å². The summed E-state index contributed by atoms with van der Waals surface area (Å²) in [6.45, 7) is 2.01. The molecule has 2 aliphatic heterocycles. The van der Waals surface area contributed by atoms with Crippen LogP contribution in [0, 0.1) is 11.6 Å². The second kappa shape index (κ2) is 20.0. The lowest BCUT2D eigenvalue weighted by molar-refractivity contribution is 0.0638. The summed E-state index contributed by atoms with van der Waals surface area (Å²) < 4.78 is 56.8. The van der Waals surface area contributed by atoms with Gasteiger partial charge in [-0.25, -0.2) is 18.4 Å². The molecule has 17 nitrogen and oxygen atoms in total. The minimum Gasteiger partial charge on any atom is -0.492 e. The number of nitrogens with zero attached hydrogens (tertiary/aromatic N) is 6. The van der Waals surface area contributed by atoms with E-state index in [2.05, 4.69) is 0 Å². The lowest BCUT2D eigenvalue weighted by atomic mass is 10.1. The van der Waals surface area contributed by atoms with Crippen LogP contribution in [0.15, 0.2) is 34.1 Å². The number of hydrogen-bond donors (Lipinski definition) is 2. The fourth-order valence-electron chi connectivity index (χ4n) is 8.78. The first-order chi connectivity index (χ1) is 28.6. The number of rotatable bonds is 12. The molecule has 4 atom stereocenters. The van der Waals surface area contributed by atoms with Gasteiger partial charge in [0.15, 0.2) is 23.1 Å². The highest BCUT2D eigenvalue weighted by Gasteiger charge is 2.40. The van der Waals surface area contributed by atoms with Crippen molar-refractivity contribution in [2.45, 2.75) is 62.1 Å². The Kier molecular flexibility index (Phi) is 16.1. The van der Waals surface area contributed by atoms with E-state index in [0.29, 0.717) is 37.2 Å². The monoisotopic (exact) mass is 928 g/mol. The molecule has 4 heterocycles. The Labute approximate surface area is 374 Å². The maximum Gasteiger partial charge on any atom is 0.341 e. The maximum atomic E-state index is 15.4. The largest absolute Gasteiger partial charge is 0.492 e. The zero-order valence-corrected chi connectivity index (χ0v) is 38.0. The fourth-order valence-corrected chi connectivity index (χ4v) is 8.78. The zero-order chi connectivity index (χ0) is 43.5. The number of carboxylic acids is 2. The molecule has 0 amide bonds. The van der Waals surface area contributed by atoms with E-state index in [0.717, 1.165) is 37.8 Å². The zero-order valence-electron chi connectivity index (χ0n) is 36.3. The number of pyridine rings is 2. The molecule has 4 N–H and O–H groups in total. The van der Waals surface area contributed by atoms with Crippen LogP contribution in [0.25, 0.3) is 21.8 Å². The topological polar surface area (TPSA) is 200 Å². The van der Waals surface area contributed by atoms with Gasteiger partial charge in [0.25, 0.3) is 0 Å². The molecular formula is C42H56Cl2F2N6O11. The van der Waals surface area contributed by atoms with Crippen LogP contribution in [0.2, 0.25) is 0 Å². The second-order valence-corrected chi connectivity index (χ2v) is 16.3. The van der Waals surface area contributed by atoms with Crippen LogP contribution in [0.5, 0.6) is 11.5 Å². The van der Waals surface area contributed by atoms with E-state index >= 15 is 8.78 Å². The molecule has 2 aromatic heterocycles. The van der Waals surface area contributed by atoms with Crippen LogP contribution in [-0.2, 0) is 9.47 Å². The van der Waals surface area contributed by atoms with Gasteiger partial charge < -0.3 is 63.4 Å². The molecule has 4 fully saturated rings. The number of ether oxygens (including phenoxy) is 4. The SMILES string of the molecule is COc1c(N2CC(OC)C(N(C)C)C2)c(F)cc2c(=O)c(C(=O)O)cn(C3CC3)c12.COc1c(N2CC(OC)C(N(C)C)C2)c(F)cc2c(=O)c(C(=O)O)cn(C3CC3)c12.Cl.Cl.O. The smallest absolute Gasteiger partial charge is 0.341 e. The van der Waals surface area contributed by atoms with Crippen molar-refractivity contribution in [2.75, 3.05) is 92.6 Å². The van der Waals surface area contributed by atoms with E-state index in [-0.39, 0.29) is 111 Å². The maximum absolute atomic E-state index is 15.4. The summed E-state index contributed by atoms with van der Waals surface area (Å²) >= 11 is 0. The third-order valence-corrected chi connectivity index (χ3v) is 12.2. The highest BCUT2D eigenvalue weighted by Crippen LogP contribution is 2.46. The highest BCUT2D eigenvalue weighted by molar-refractivity contribution is 5.98. The second-order valence-electron chi connectivity index (χ2n) is 16.3. The summed E-state index contributed by atoms with van der Waals surface area (Å²) in [6.07, 6.45) is 5.96. The van der Waals surface area contributed by atoms with Crippen molar-refractivity contribution >= 4 is 69.9 Å². The quantitative estimate of drug-likeness (QED) is 0.207. The summed E-state index contributed by atoms with van der Waals surface area (Å²) in [4.78, 5) is 56.6. The molecule has 8 rings (SSSR count). The molecule has 2 aromatic carbocycles. The lowest BCUT2D eigenvalue weighted by Gasteiger charge is -2.25. The lowest BCUT2D eigenvalue weighted by Crippen LogP contribution is -2.39. The highest BCUT2D eigenvalue weighted by atomic mass is 35.5. The third kappa shape index (κ3) is 9.27. The normalized spacial score (nSPS) is 20.6. The van der Waals surface area contributed by atoms with Crippen molar-refractivity contribution in [1.82, 2.24) is 18.9 Å². The van der Waals surface area contributed by atoms with E-state index in [1.165, 1.54) is 26.6 Å². The predicted octanol–water partition coefficient (Wildman–Crippen LogP) is 3.91. The van der Waals surface area contributed by atoms with Gasteiger partial charge in [0.05, 0.1) is 60.3 Å². The van der Waals surface area contributed by atoms with Crippen molar-refractivity contribution in [2.24, 2.45) is 0 Å². The molecule has 4 aromatic rings. The van der Waals surface area contributed by atoms with Gasteiger partial charge in [-0.15, -0.1) is 24.8 Å². The minimum atomic E-state index is -1.32. The number of aromatic carboxylic acids is 2. The van der Waals surface area contributed by atoms with Crippen LogP contribution in [0.1, 0.15) is 58.5 Å². The van der Waals surface area contributed by atoms with Crippen LogP contribution < -0.4 is 30.1 Å². The number of halogens is 4. The summed E-state index contributed by atoms with van der Waals surface area (Å²) in [5.74, 6) is -3.38. The van der Waals surface area contributed by atoms with E-state index in [9.17, 15) is 29.4 Å². The van der Waals surface area contributed by atoms with Gasteiger partial charge in [-0.3, -0.25) is 9.59 Å². The molecule has 348 valence electrons. The van der Waals surface area contributed by atoms with Gasteiger partial charge in [0.2, 0.25) is 10.9 Å². The van der Waals surface area contributed by atoms with Crippen molar-refractivity contribution in [3.05, 3.63) is 67.7 Å². The molecule has 2 aliphatic carbocycles. The number of hydrogen-bond acceptors (Lipinski definition) is 12. The molecule has 4 unspecified atom stereocenters. The van der Waals surface area contributed by atoms with Crippen molar-refractivity contribution in [3.8, 4) is 11.5 Å². The summed E-state index contributed by atoms with van der Waals surface area (Å²) in [5, 5.41) is 18.9. The van der Waals surface area contributed by atoms with Gasteiger partial charge in [-0.2, -0.15) is 0 Å². The molecular weight excluding hydrogens is 873 g/mol. The standard InChI is InChI=1S/2C21H26FN3O5.2ClH.H2O/c2*1-23(2)15-9-24(10-16(15)29-3)18-14(22)7-12-17(20(18)30-4)25(11-5-6-11)8-13(19(12)26)21(27)28;;;/h2*7-8,11,15-16H,5-6,9-10H2,1-4H3,(H,27,28);2*1H;1H2. The van der Waals surface area contributed by atoms with Gasteiger partial charge in [0, 0.05) is 64.9 Å². The van der Waals surface area contributed by atoms with Crippen molar-refractivity contribution in [1.29, 1.82) is 0 Å². The molecule has 21 heteroatoms. The van der Waals surface area contributed by atoms with E-state index in [1.54, 1.807) is 23.4 Å². The Morgan fingerprint density at radius 2 is 0.968 bits per heavy atom. The number of likely N-dealkylation sites (N-methyl/N-ethyl adjacent to an activating group) is 2. The van der Waals surface area contributed by atoms with Crippen LogP contribution in [0.3, 0.4) is 0 Å². The van der Waals surface area contributed by atoms with Gasteiger partial charge in [0.1, 0.15) is 22.5 Å². The first kappa shape index (κ1) is 50.9. The molecule has 4 aliphatic rings. The number of benzene rings is 2. The van der Waals surface area contributed by atoms with Crippen molar-refractivity contribution in [3.63, 3.8) is 0 Å². The van der Waals surface area contributed by atoms with Gasteiger partial charge >= 0.3 is 11.9 Å². The predicted molar refractivity (Wildman–Crippen MR) is 239 cm³/mol. The average Bonchev–Trinajstić information content (AvgIpc) is 4.15.